The third kappa shape index (κ3) is 1.55. The van der Waals surface area contributed by atoms with Crippen molar-refractivity contribution >= 4 is 6.08 Å². The molecule has 1 N–H and O–H groups in total. The molecule has 100 valence electrons. The molecule has 0 unspecified atom stereocenters. The Morgan fingerprint density at radius 1 is 1.11 bits per heavy atom. The molecule has 0 saturated heterocycles. The van der Waals surface area contributed by atoms with Crippen LogP contribution in [0.4, 0.5) is 0 Å². The standard InChI is InChI=1S/C17H20O2/c1-17(2)8-7-12-9-13(18)14-10-3-5-11(6-4-10)15(14)16(12)19-17/h7-11,18H,3-6H2,1-2H3. The molecule has 1 heterocycles. The van der Waals surface area contributed by atoms with Gasteiger partial charge in [0.05, 0.1) is 0 Å². The van der Waals surface area contributed by atoms with Gasteiger partial charge in [0.2, 0.25) is 0 Å². The highest BCUT2D eigenvalue weighted by molar-refractivity contribution is 5.69. The van der Waals surface area contributed by atoms with E-state index in [0.717, 1.165) is 11.3 Å². The Labute approximate surface area is 114 Å². The van der Waals surface area contributed by atoms with Crippen LogP contribution in [-0.4, -0.2) is 10.7 Å². The van der Waals surface area contributed by atoms with Crippen molar-refractivity contribution in [1.29, 1.82) is 0 Å². The molecule has 1 fully saturated rings. The Bertz CT molecular complexity index is 575. The molecule has 5 rings (SSSR count). The lowest BCUT2D eigenvalue weighted by molar-refractivity contribution is 0.153. The topological polar surface area (TPSA) is 29.5 Å². The van der Waals surface area contributed by atoms with E-state index in [-0.39, 0.29) is 5.60 Å². The fourth-order valence-corrected chi connectivity index (χ4v) is 4.04. The highest BCUT2D eigenvalue weighted by atomic mass is 16.5. The Hall–Kier alpha value is -1.44. The summed E-state index contributed by atoms with van der Waals surface area (Å²) < 4.78 is 6.23. The number of phenolic OH excluding ortho intramolecular Hbond substituents is 1. The SMILES string of the molecule is CC1(C)C=Cc2cc(O)c3c(c2O1)C1CCC3CC1. The maximum Gasteiger partial charge on any atom is 0.131 e. The van der Waals surface area contributed by atoms with Gasteiger partial charge in [-0.25, -0.2) is 0 Å². The lowest BCUT2D eigenvalue weighted by Crippen LogP contribution is -2.31. The monoisotopic (exact) mass is 256 g/mol. The Kier molecular flexibility index (Phi) is 2.13. The fourth-order valence-electron chi connectivity index (χ4n) is 4.04. The third-order valence-electron chi connectivity index (χ3n) is 4.94. The largest absolute Gasteiger partial charge is 0.508 e. The number of hydrogen-bond acceptors (Lipinski definition) is 2. The summed E-state index contributed by atoms with van der Waals surface area (Å²) in [4.78, 5) is 0. The van der Waals surface area contributed by atoms with E-state index in [0.29, 0.717) is 17.6 Å². The molecule has 1 aliphatic heterocycles. The number of hydrogen-bond donors (Lipinski definition) is 1. The Balaban J connectivity index is 1.98. The van der Waals surface area contributed by atoms with E-state index in [4.69, 9.17) is 4.74 Å². The number of fused-ring (bicyclic) bond motifs is 3. The molecule has 0 aromatic heterocycles. The third-order valence-corrected chi connectivity index (χ3v) is 4.94. The normalized spacial score (nSPS) is 29.6. The zero-order valence-electron chi connectivity index (χ0n) is 11.6. The van der Waals surface area contributed by atoms with Crippen molar-refractivity contribution in [1.82, 2.24) is 0 Å². The van der Waals surface area contributed by atoms with E-state index >= 15 is 0 Å². The van der Waals surface area contributed by atoms with Gasteiger partial charge >= 0.3 is 0 Å². The zero-order valence-corrected chi connectivity index (χ0v) is 11.6. The predicted octanol–water partition coefficient (Wildman–Crippen LogP) is 4.33. The molecular weight excluding hydrogens is 236 g/mol. The molecule has 0 spiro atoms. The minimum absolute atomic E-state index is 0.242. The highest BCUT2D eigenvalue weighted by Crippen LogP contribution is 2.57. The molecule has 4 aliphatic rings. The summed E-state index contributed by atoms with van der Waals surface area (Å²) in [7, 11) is 0. The van der Waals surface area contributed by atoms with E-state index in [1.165, 1.54) is 36.8 Å². The fraction of sp³-hybridized carbons (Fsp3) is 0.529. The van der Waals surface area contributed by atoms with Crippen LogP contribution >= 0.6 is 0 Å². The first-order valence-corrected chi connectivity index (χ1v) is 7.33. The number of ether oxygens (including phenoxy) is 1. The molecule has 3 aliphatic carbocycles. The van der Waals surface area contributed by atoms with Gasteiger partial charge in [0.1, 0.15) is 17.1 Å². The van der Waals surface area contributed by atoms with Gasteiger partial charge in [0.25, 0.3) is 0 Å². The second-order valence-electron chi connectivity index (χ2n) is 6.73. The predicted molar refractivity (Wildman–Crippen MR) is 75.8 cm³/mol. The Morgan fingerprint density at radius 3 is 2.42 bits per heavy atom. The smallest absolute Gasteiger partial charge is 0.131 e. The molecule has 0 atom stereocenters. The summed E-state index contributed by atoms with van der Waals surface area (Å²) in [5, 5.41) is 10.4. The summed E-state index contributed by atoms with van der Waals surface area (Å²) in [6.45, 7) is 4.18. The highest BCUT2D eigenvalue weighted by Gasteiger charge is 2.39. The van der Waals surface area contributed by atoms with E-state index in [9.17, 15) is 5.11 Å². The number of aromatic hydroxyl groups is 1. The lowest BCUT2D eigenvalue weighted by atomic mass is 9.66. The van der Waals surface area contributed by atoms with Crippen molar-refractivity contribution in [2.75, 3.05) is 0 Å². The number of benzene rings is 1. The number of rotatable bonds is 0. The van der Waals surface area contributed by atoms with Crippen LogP contribution in [0.15, 0.2) is 12.1 Å². The minimum atomic E-state index is -0.242. The van der Waals surface area contributed by atoms with E-state index in [1.54, 1.807) is 0 Å². The molecular formula is C17H20O2. The molecule has 1 aromatic carbocycles. The van der Waals surface area contributed by atoms with Crippen LogP contribution in [0.2, 0.25) is 0 Å². The molecule has 19 heavy (non-hydrogen) atoms. The van der Waals surface area contributed by atoms with E-state index in [2.05, 4.69) is 26.0 Å². The first-order valence-electron chi connectivity index (χ1n) is 7.33. The summed E-state index contributed by atoms with van der Waals surface area (Å²) >= 11 is 0. The van der Waals surface area contributed by atoms with Crippen LogP contribution < -0.4 is 4.74 Å². The molecule has 2 bridgehead atoms. The molecule has 1 saturated carbocycles. The minimum Gasteiger partial charge on any atom is -0.508 e. The average Bonchev–Trinajstić information content (AvgIpc) is 2.40. The molecule has 1 aromatic rings. The Morgan fingerprint density at radius 2 is 1.74 bits per heavy atom. The van der Waals surface area contributed by atoms with E-state index < -0.39 is 0 Å². The molecule has 0 radical (unpaired) electrons. The first-order chi connectivity index (χ1) is 9.05. The van der Waals surface area contributed by atoms with Crippen molar-refractivity contribution in [3.05, 3.63) is 28.8 Å². The van der Waals surface area contributed by atoms with Gasteiger partial charge in [0, 0.05) is 16.7 Å². The summed E-state index contributed by atoms with van der Waals surface area (Å²) in [6.07, 6.45) is 9.12. The van der Waals surface area contributed by atoms with Gasteiger partial charge < -0.3 is 9.84 Å². The average molecular weight is 256 g/mol. The zero-order chi connectivity index (χ0) is 13.2. The van der Waals surface area contributed by atoms with Gasteiger partial charge in [-0.15, -0.1) is 0 Å². The maximum atomic E-state index is 10.4. The molecule has 2 nitrogen and oxygen atoms in total. The van der Waals surface area contributed by atoms with Crippen molar-refractivity contribution in [3.8, 4) is 11.5 Å². The lowest BCUT2D eigenvalue weighted by Gasteiger charge is -2.41. The van der Waals surface area contributed by atoms with Gasteiger partial charge in [-0.3, -0.25) is 0 Å². The van der Waals surface area contributed by atoms with Crippen LogP contribution in [0.3, 0.4) is 0 Å². The number of phenols is 1. The van der Waals surface area contributed by atoms with Crippen molar-refractivity contribution in [2.45, 2.75) is 57.0 Å². The summed E-state index contributed by atoms with van der Waals surface area (Å²) in [5.41, 5.74) is 3.31. The van der Waals surface area contributed by atoms with Crippen molar-refractivity contribution in [2.24, 2.45) is 0 Å². The first kappa shape index (κ1) is 11.4. The molecule has 0 amide bonds. The summed E-state index contributed by atoms with van der Waals surface area (Å²) in [5.74, 6) is 2.65. The van der Waals surface area contributed by atoms with Gasteiger partial charge in [-0.2, -0.15) is 0 Å². The van der Waals surface area contributed by atoms with Gasteiger partial charge in [0.15, 0.2) is 0 Å². The quantitative estimate of drug-likeness (QED) is 0.748. The van der Waals surface area contributed by atoms with Crippen LogP contribution in [0.25, 0.3) is 6.08 Å². The van der Waals surface area contributed by atoms with Crippen molar-refractivity contribution in [3.63, 3.8) is 0 Å². The maximum absolute atomic E-state index is 10.4. The second-order valence-corrected chi connectivity index (χ2v) is 6.73. The summed E-state index contributed by atoms with van der Waals surface area (Å²) in [6, 6.07) is 1.89. The second kappa shape index (κ2) is 3.56. The van der Waals surface area contributed by atoms with Crippen LogP contribution in [-0.2, 0) is 0 Å². The van der Waals surface area contributed by atoms with Crippen LogP contribution in [0, 0.1) is 0 Å². The van der Waals surface area contributed by atoms with E-state index in [1.807, 2.05) is 6.07 Å². The molecule has 2 heteroatoms. The van der Waals surface area contributed by atoms with Gasteiger partial charge in [-0.1, -0.05) is 6.08 Å². The van der Waals surface area contributed by atoms with Crippen LogP contribution in [0.1, 0.15) is 68.1 Å². The van der Waals surface area contributed by atoms with Gasteiger partial charge in [-0.05, 0) is 63.5 Å². The van der Waals surface area contributed by atoms with Crippen LogP contribution in [0.5, 0.6) is 11.5 Å². The van der Waals surface area contributed by atoms with Crippen molar-refractivity contribution < 1.29 is 9.84 Å².